The van der Waals surface area contributed by atoms with Gasteiger partial charge in [0.1, 0.15) is 6.54 Å². The van der Waals surface area contributed by atoms with Crippen molar-refractivity contribution in [1.82, 2.24) is 24.9 Å². The first-order valence-electron chi connectivity index (χ1n) is 10.7. The number of amides is 2. The molecule has 1 N–H and O–H groups in total. The highest BCUT2D eigenvalue weighted by molar-refractivity contribution is 7.09. The van der Waals surface area contributed by atoms with E-state index in [1.807, 2.05) is 11.9 Å². The molecule has 2 amide bonds. The largest absolute Gasteiger partial charge is 0.356 e. The highest BCUT2D eigenvalue weighted by Crippen LogP contribution is 2.18. The Hall–Kier alpha value is -2.13. The fourth-order valence-corrected chi connectivity index (χ4v) is 4.58. The average molecular weight is 435 g/mol. The lowest BCUT2D eigenvalue weighted by molar-refractivity contribution is -0.136. The number of hydrogen-bond acceptors (Lipinski definition) is 5. The van der Waals surface area contributed by atoms with Crippen LogP contribution < -0.4 is 5.32 Å². The van der Waals surface area contributed by atoms with Gasteiger partial charge in [0.05, 0.1) is 6.04 Å². The minimum Gasteiger partial charge on any atom is -0.356 e. The zero-order valence-electron chi connectivity index (χ0n) is 18.3. The van der Waals surface area contributed by atoms with Crippen LogP contribution in [0.2, 0.25) is 0 Å². The molecule has 1 aromatic heterocycles. The molecule has 2 aliphatic rings. The minimum absolute atomic E-state index is 0.0226. The van der Waals surface area contributed by atoms with E-state index in [1.165, 1.54) is 4.88 Å². The monoisotopic (exact) mass is 434 g/mol. The molecule has 0 aliphatic carbocycles. The average Bonchev–Trinajstić information content (AvgIpc) is 3.41. The minimum atomic E-state index is -0.0226. The van der Waals surface area contributed by atoms with Crippen LogP contribution in [0.25, 0.3) is 0 Å². The van der Waals surface area contributed by atoms with E-state index < -0.39 is 0 Å². The van der Waals surface area contributed by atoms with Crippen molar-refractivity contribution in [3.63, 3.8) is 0 Å². The molecule has 0 saturated carbocycles. The second-order valence-corrected chi connectivity index (χ2v) is 9.17. The van der Waals surface area contributed by atoms with Gasteiger partial charge in [0.2, 0.25) is 11.8 Å². The number of hydrogen-bond donors (Lipinski definition) is 1. The van der Waals surface area contributed by atoms with Gasteiger partial charge >= 0.3 is 0 Å². The summed E-state index contributed by atoms with van der Waals surface area (Å²) in [6, 6.07) is 4.22. The summed E-state index contributed by atoms with van der Waals surface area (Å²) in [6.45, 7) is 4.72. The van der Waals surface area contributed by atoms with E-state index in [0.29, 0.717) is 13.1 Å². The highest BCUT2D eigenvalue weighted by Gasteiger charge is 2.33. The van der Waals surface area contributed by atoms with Crippen LogP contribution in [-0.2, 0) is 16.0 Å². The van der Waals surface area contributed by atoms with Crippen LogP contribution in [0.5, 0.6) is 0 Å². The van der Waals surface area contributed by atoms with Gasteiger partial charge in [-0.05, 0) is 44.3 Å². The molecule has 0 radical (unpaired) electrons. The fraction of sp³-hybridized carbons (Fsp3) is 0.667. The number of guanidine groups is 1. The number of carbonyl (C=O) groups excluding carboxylic acids is 2. The van der Waals surface area contributed by atoms with Gasteiger partial charge in [0.25, 0.3) is 0 Å². The van der Waals surface area contributed by atoms with E-state index >= 15 is 0 Å². The highest BCUT2D eigenvalue weighted by atomic mass is 32.1. The quantitative estimate of drug-likeness (QED) is 0.523. The number of likely N-dealkylation sites (tertiary alicyclic amines) is 1. The van der Waals surface area contributed by atoms with E-state index in [2.05, 4.69) is 37.6 Å². The van der Waals surface area contributed by atoms with Gasteiger partial charge in [-0.3, -0.25) is 14.5 Å². The number of rotatable bonds is 6. The first-order chi connectivity index (χ1) is 14.5. The summed E-state index contributed by atoms with van der Waals surface area (Å²) in [7, 11) is 5.52. The van der Waals surface area contributed by atoms with Gasteiger partial charge < -0.3 is 20.0 Å². The Bertz CT molecular complexity index is 728. The van der Waals surface area contributed by atoms with E-state index in [-0.39, 0.29) is 24.4 Å². The summed E-state index contributed by atoms with van der Waals surface area (Å²) >= 11 is 1.75. The smallest absolute Gasteiger partial charge is 0.243 e. The summed E-state index contributed by atoms with van der Waals surface area (Å²) in [5, 5.41) is 5.51. The maximum Gasteiger partial charge on any atom is 0.243 e. The third-order valence-electron chi connectivity index (χ3n) is 5.79. The van der Waals surface area contributed by atoms with E-state index in [1.54, 1.807) is 30.3 Å². The molecule has 1 atom stereocenters. The first-order valence-corrected chi connectivity index (χ1v) is 11.6. The summed E-state index contributed by atoms with van der Waals surface area (Å²) < 4.78 is 0. The van der Waals surface area contributed by atoms with Crippen LogP contribution in [-0.4, -0.2) is 110 Å². The number of nitrogens with one attached hydrogen (secondary N) is 1. The third-order valence-corrected chi connectivity index (χ3v) is 6.73. The number of piperazine rings is 1. The van der Waals surface area contributed by atoms with E-state index in [9.17, 15) is 9.59 Å². The van der Waals surface area contributed by atoms with E-state index in [4.69, 9.17) is 0 Å². The van der Waals surface area contributed by atoms with Gasteiger partial charge in [0, 0.05) is 51.7 Å². The molecule has 0 bridgehead atoms. The summed E-state index contributed by atoms with van der Waals surface area (Å²) in [5.41, 5.74) is 0. The fourth-order valence-electron chi connectivity index (χ4n) is 3.88. The van der Waals surface area contributed by atoms with Crippen molar-refractivity contribution in [1.29, 1.82) is 0 Å². The molecule has 8 nitrogen and oxygen atoms in total. The summed E-state index contributed by atoms with van der Waals surface area (Å²) in [5.74, 6) is 0.985. The molecule has 2 fully saturated rings. The topological polar surface area (TPSA) is 71.5 Å². The Kier molecular flexibility index (Phi) is 8.09. The number of carbonyl (C=O) groups is 2. The van der Waals surface area contributed by atoms with Gasteiger partial charge in [-0.25, -0.2) is 4.99 Å². The number of likely N-dealkylation sites (N-methyl/N-ethyl adjacent to an activating group) is 2. The molecule has 2 aliphatic heterocycles. The molecule has 2 saturated heterocycles. The molecule has 3 heterocycles. The Labute approximate surface area is 183 Å². The SMILES string of the molecule is CN(C)C(=O)CN=C(NCCc1cccs1)N1CCN(C(=O)C2CCCN2C)CC1. The van der Waals surface area contributed by atoms with Crippen LogP contribution in [0.1, 0.15) is 17.7 Å². The van der Waals surface area contributed by atoms with Crippen molar-refractivity contribution in [3.05, 3.63) is 22.4 Å². The summed E-state index contributed by atoms with van der Waals surface area (Å²) in [4.78, 5) is 38.7. The Morgan fingerprint density at radius 2 is 1.93 bits per heavy atom. The van der Waals surface area contributed by atoms with Gasteiger partial charge in [-0.1, -0.05) is 6.07 Å². The lowest BCUT2D eigenvalue weighted by Gasteiger charge is -2.38. The van der Waals surface area contributed by atoms with Gasteiger partial charge in [-0.15, -0.1) is 11.3 Å². The van der Waals surface area contributed by atoms with Crippen molar-refractivity contribution < 1.29 is 9.59 Å². The van der Waals surface area contributed by atoms with Crippen LogP contribution >= 0.6 is 11.3 Å². The van der Waals surface area contributed by atoms with Crippen molar-refractivity contribution in [2.45, 2.75) is 25.3 Å². The van der Waals surface area contributed by atoms with E-state index in [0.717, 1.165) is 51.4 Å². The van der Waals surface area contributed by atoms with Crippen LogP contribution in [0.4, 0.5) is 0 Å². The molecular weight excluding hydrogens is 400 g/mol. The third kappa shape index (κ3) is 5.95. The van der Waals surface area contributed by atoms with Gasteiger partial charge in [-0.2, -0.15) is 0 Å². The molecule has 0 spiro atoms. The first kappa shape index (κ1) is 22.6. The van der Waals surface area contributed by atoms with Crippen molar-refractivity contribution in [2.75, 3.05) is 67.0 Å². The number of thiophene rings is 1. The second-order valence-electron chi connectivity index (χ2n) is 8.14. The molecule has 9 heteroatoms. The number of nitrogens with zero attached hydrogens (tertiary/aromatic N) is 5. The Morgan fingerprint density at radius 3 is 2.53 bits per heavy atom. The number of aliphatic imine (C=N–C) groups is 1. The zero-order valence-corrected chi connectivity index (χ0v) is 19.2. The molecule has 3 rings (SSSR count). The van der Waals surface area contributed by atoms with Crippen molar-refractivity contribution >= 4 is 29.1 Å². The molecule has 166 valence electrons. The standard InChI is InChI=1S/C21H34N6O2S/c1-24(2)19(28)16-23-21(22-9-8-17-6-5-15-30-17)27-13-11-26(12-14-27)20(29)18-7-4-10-25(18)3/h5-6,15,18H,4,7-14,16H2,1-3H3,(H,22,23). The Balaban J connectivity index is 1.56. The second kappa shape index (κ2) is 10.8. The maximum absolute atomic E-state index is 12.9. The molecular formula is C21H34N6O2S. The van der Waals surface area contributed by atoms with Crippen molar-refractivity contribution in [3.8, 4) is 0 Å². The lowest BCUT2D eigenvalue weighted by Crippen LogP contribution is -2.56. The van der Waals surface area contributed by atoms with Crippen LogP contribution in [0, 0.1) is 0 Å². The van der Waals surface area contributed by atoms with Gasteiger partial charge in [0.15, 0.2) is 5.96 Å². The van der Waals surface area contributed by atoms with Crippen LogP contribution in [0.15, 0.2) is 22.5 Å². The predicted molar refractivity (Wildman–Crippen MR) is 121 cm³/mol. The van der Waals surface area contributed by atoms with Crippen molar-refractivity contribution in [2.24, 2.45) is 4.99 Å². The maximum atomic E-state index is 12.9. The Morgan fingerprint density at radius 1 is 1.20 bits per heavy atom. The summed E-state index contributed by atoms with van der Waals surface area (Å²) in [6.07, 6.45) is 2.97. The molecule has 30 heavy (non-hydrogen) atoms. The normalized spacial score (nSPS) is 20.5. The molecule has 1 aromatic rings. The predicted octanol–water partition coefficient (Wildman–Crippen LogP) is 0.563. The zero-order chi connectivity index (χ0) is 21.5. The lowest BCUT2D eigenvalue weighted by atomic mass is 10.1. The molecule has 0 aromatic carbocycles. The van der Waals surface area contributed by atoms with Crippen LogP contribution in [0.3, 0.4) is 0 Å². The molecule has 1 unspecified atom stereocenters.